The second kappa shape index (κ2) is 17.0. The average Bonchev–Trinajstić information content (AvgIpc) is 3.66. The standard InChI is InChI=1S/C48H58O2/c1-3-5-7-9-11-13-15-17-19-21-35-23-25-37-29-41-43-33-48-44(34-47(43)49-45(41)31-39(37)27-35)42-30-38-26-24-36(28-40(38)32-46(42)50-48)22-20-18-16-14-12-10-8-6-4-2/h23-34H,3-22H2,1-2H3. The minimum absolute atomic E-state index is 0.928. The van der Waals surface area contributed by atoms with Crippen LogP contribution in [-0.2, 0) is 12.8 Å². The van der Waals surface area contributed by atoms with Crippen LogP contribution in [0.25, 0.3) is 65.4 Å². The van der Waals surface area contributed by atoms with Crippen molar-refractivity contribution in [1.82, 2.24) is 0 Å². The van der Waals surface area contributed by atoms with Gasteiger partial charge in [-0.05, 0) is 94.8 Å². The van der Waals surface area contributed by atoms with Crippen molar-refractivity contribution in [3.05, 3.63) is 83.9 Å². The summed E-state index contributed by atoms with van der Waals surface area (Å²) in [5.74, 6) is 0. The largest absolute Gasteiger partial charge is 0.456 e. The first-order chi connectivity index (χ1) is 24.7. The molecule has 0 atom stereocenters. The van der Waals surface area contributed by atoms with E-state index in [4.69, 9.17) is 8.83 Å². The van der Waals surface area contributed by atoms with Gasteiger partial charge in [0.05, 0.1) is 0 Å². The molecule has 7 rings (SSSR count). The Bertz CT molecular complexity index is 2000. The Morgan fingerprint density at radius 3 is 1.06 bits per heavy atom. The van der Waals surface area contributed by atoms with Crippen molar-refractivity contribution in [2.75, 3.05) is 0 Å². The minimum Gasteiger partial charge on any atom is -0.456 e. The third-order valence-corrected chi connectivity index (χ3v) is 11.2. The van der Waals surface area contributed by atoms with Crippen LogP contribution in [0.4, 0.5) is 0 Å². The first-order valence-electron chi connectivity index (χ1n) is 20.4. The zero-order valence-corrected chi connectivity index (χ0v) is 30.9. The normalized spacial score (nSPS) is 12.2. The van der Waals surface area contributed by atoms with Crippen LogP contribution < -0.4 is 0 Å². The summed E-state index contributed by atoms with van der Waals surface area (Å²) in [6.07, 6.45) is 27.0. The van der Waals surface area contributed by atoms with Crippen molar-refractivity contribution in [2.45, 2.75) is 142 Å². The monoisotopic (exact) mass is 666 g/mol. The minimum atomic E-state index is 0.928. The fourth-order valence-corrected chi connectivity index (χ4v) is 8.22. The van der Waals surface area contributed by atoms with E-state index in [1.807, 2.05) is 0 Å². The topological polar surface area (TPSA) is 26.3 Å². The highest BCUT2D eigenvalue weighted by atomic mass is 16.3. The van der Waals surface area contributed by atoms with Crippen LogP contribution in [0.1, 0.15) is 141 Å². The molecule has 2 heterocycles. The van der Waals surface area contributed by atoms with Crippen molar-refractivity contribution >= 4 is 65.4 Å². The molecule has 0 aliphatic carbocycles. The van der Waals surface area contributed by atoms with Gasteiger partial charge in [-0.1, -0.05) is 153 Å². The summed E-state index contributed by atoms with van der Waals surface area (Å²) in [5.41, 5.74) is 6.63. The summed E-state index contributed by atoms with van der Waals surface area (Å²) < 4.78 is 13.1. The van der Waals surface area contributed by atoms with Crippen molar-refractivity contribution in [3.8, 4) is 0 Å². The molecule has 2 heteroatoms. The molecule has 0 unspecified atom stereocenters. The van der Waals surface area contributed by atoms with Crippen LogP contribution >= 0.6 is 0 Å². The molecule has 262 valence electrons. The van der Waals surface area contributed by atoms with E-state index in [9.17, 15) is 0 Å². The molecule has 0 saturated carbocycles. The maximum Gasteiger partial charge on any atom is 0.136 e. The number of unbranched alkanes of at least 4 members (excludes halogenated alkanes) is 16. The zero-order valence-electron chi connectivity index (χ0n) is 30.9. The Hall–Kier alpha value is -3.78. The highest BCUT2D eigenvalue weighted by Gasteiger charge is 2.15. The fourth-order valence-electron chi connectivity index (χ4n) is 8.22. The van der Waals surface area contributed by atoms with Gasteiger partial charge < -0.3 is 8.83 Å². The molecular formula is C48H58O2. The number of hydrogen-bond acceptors (Lipinski definition) is 2. The molecule has 0 radical (unpaired) electrons. The third kappa shape index (κ3) is 8.22. The molecule has 0 amide bonds. The quantitative estimate of drug-likeness (QED) is 0.0757. The molecule has 0 saturated heterocycles. The second-order valence-electron chi connectivity index (χ2n) is 15.3. The lowest BCUT2D eigenvalue weighted by atomic mass is 9.99. The van der Waals surface area contributed by atoms with Gasteiger partial charge in [0.1, 0.15) is 22.3 Å². The second-order valence-corrected chi connectivity index (χ2v) is 15.3. The molecular weight excluding hydrogens is 609 g/mol. The number of fused-ring (bicyclic) bond motifs is 8. The van der Waals surface area contributed by atoms with Crippen LogP contribution in [0.3, 0.4) is 0 Å². The summed E-state index contributed by atoms with van der Waals surface area (Å²) in [6, 6.07) is 27.5. The SMILES string of the molecule is CCCCCCCCCCCc1ccc2cc3c(cc2c1)oc1cc2c(cc13)oc1cc3cc(CCCCCCCCCCC)ccc3cc12. The Labute approximate surface area is 299 Å². The van der Waals surface area contributed by atoms with Gasteiger partial charge >= 0.3 is 0 Å². The van der Waals surface area contributed by atoms with E-state index in [0.29, 0.717) is 0 Å². The van der Waals surface area contributed by atoms with Gasteiger partial charge in [-0.25, -0.2) is 0 Å². The van der Waals surface area contributed by atoms with Gasteiger partial charge in [0.25, 0.3) is 0 Å². The smallest absolute Gasteiger partial charge is 0.136 e. The maximum atomic E-state index is 6.53. The van der Waals surface area contributed by atoms with E-state index < -0.39 is 0 Å². The summed E-state index contributed by atoms with van der Waals surface area (Å²) in [6.45, 7) is 4.58. The van der Waals surface area contributed by atoms with E-state index in [1.54, 1.807) is 0 Å². The molecule has 5 aromatic carbocycles. The van der Waals surface area contributed by atoms with Gasteiger partial charge in [-0.15, -0.1) is 0 Å². The molecule has 0 bridgehead atoms. The molecule has 0 aliphatic rings. The van der Waals surface area contributed by atoms with Crippen LogP contribution in [0, 0.1) is 0 Å². The molecule has 2 nitrogen and oxygen atoms in total. The lowest BCUT2D eigenvalue weighted by Crippen LogP contribution is -1.87. The molecule has 7 aromatic rings. The van der Waals surface area contributed by atoms with Crippen LogP contribution in [0.2, 0.25) is 0 Å². The highest BCUT2D eigenvalue weighted by molar-refractivity contribution is 6.18. The average molecular weight is 667 g/mol. The molecule has 0 fully saturated rings. The van der Waals surface area contributed by atoms with Crippen molar-refractivity contribution < 1.29 is 8.83 Å². The fraction of sp³-hybridized carbons (Fsp3) is 0.458. The predicted octanol–water partition coefficient (Wildman–Crippen LogP) is 15.9. The third-order valence-electron chi connectivity index (χ3n) is 11.2. The van der Waals surface area contributed by atoms with Crippen molar-refractivity contribution in [3.63, 3.8) is 0 Å². The first kappa shape index (κ1) is 34.7. The van der Waals surface area contributed by atoms with E-state index >= 15 is 0 Å². The molecule has 2 aromatic heterocycles. The summed E-state index contributed by atoms with van der Waals surface area (Å²) in [5, 5.41) is 9.64. The first-order valence-corrected chi connectivity index (χ1v) is 20.4. The Morgan fingerprint density at radius 2 is 0.660 bits per heavy atom. The van der Waals surface area contributed by atoms with E-state index in [-0.39, 0.29) is 0 Å². The van der Waals surface area contributed by atoms with Gasteiger partial charge in [-0.3, -0.25) is 0 Å². The van der Waals surface area contributed by atoms with Gasteiger partial charge in [0.2, 0.25) is 0 Å². The molecule has 0 N–H and O–H groups in total. The predicted molar refractivity (Wildman–Crippen MR) is 218 cm³/mol. The summed E-state index contributed by atoms with van der Waals surface area (Å²) in [7, 11) is 0. The Balaban J connectivity index is 1.02. The number of hydrogen-bond donors (Lipinski definition) is 0. The highest BCUT2D eigenvalue weighted by Crippen LogP contribution is 2.39. The van der Waals surface area contributed by atoms with E-state index in [0.717, 1.165) is 56.7 Å². The number of benzene rings is 5. The van der Waals surface area contributed by atoms with Crippen LogP contribution in [-0.4, -0.2) is 0 Å². The van der Waals surface area contributed by atoms with Gasteiger partial charge in [0.15, 0.2) is 0 Å². The van der Waals surface area contributed by atoms with E-state index in [2.05, 4.69) is 86.6 Å². The molecule has 0 spiro atoms. The zero-order chi connectivity index (χ0) is 34.1. The molecule has 50 heavy (non-hydrogen) atoms. The van der Waals surface area contributed by atoms with Gasteiger partial charge in [0, 0.05) is 21.5 Å². The number of rotatable bonds is 20. The summed E-state index contributed by atoms with van der Waals surface area (Å²) in [4.78, 5) is 0. The molecule has 0 aliphatic heterocycles. The van der Waals surface area contributed by atoms with Crippen molar-refractivity contribution in [2.24, 2.45) is 0 Å². The Kier molecular flexibility index (Phi) is 11.8. The van der Waals surface area contributed by atoms with Gasteiger partial charge in [-0.2, -0.15) is 0 Å². The number of aryl methyl sites for hydroxylation is 2. The maximum absolute atomic E-state index is 6.53. The number of furan rings is 2. The van der Waals surface area contributed by atoms with Crippen molar-refractivity contribution in [1.29, 1.82) is 0 Å². The Morgan fingerprint density at radius 1 is 0.320 bits per heavy atom. The summed E-state index contributed by atoms with van der Waals surface area (Å²) >= 11 is 0. The lowest BCUT2D eigenvalue weighted by molar-refractivity contribution is 0.565. The van der Waals surface area contributed by atoms with E-state index in [1.165, 1.54) is 148 Å². The lowest BCUT2D eigenvalue weighted by Gasteiger charge is -2.05. The van der Waals surface area contributed by atoms with Crippen LogP contribution in [0.15, 0.2) is 81.6 Å². The van der Waals surface area contributed by atoms with Crippen LogP contribution in [0.5, 0.6) is 0 Å².